The van der Waals surface area contributed by atoms with Crippen LogP contribution in [0.15, 0.2) is 54.3 Å². The number of hydrogen-bond donors (Lipinski definition) is 1. The van der Waals surface area contributed by atoms with E-state index in [4.69, 9.17) is 9.47 Å². The molecule has 0 saturated carbocycles. The van der Waals surface area contributed by atoms with Crippen LogP contribution in [0.4, 0.5) is 0 Å². The number of carbonyl (C=O) groups is 1. The Morgan fingerprint density at radius 2 is 1.97 bits per heavy atom. The molecule has 1 fully saturated rings. The third-order valence-corrected chi connectivity index (χ3v) is 5.95. The predicted octanol–water partition coefficient (Wildman–Crippen LogP) is 3.59. The zero-order valence-corrected chi connectivity index (χ0v) is 17.2. The molecule has 1 N–H and O–H groups in total. The topological polar surface area (TPSA) is 50.8 Å². The normalized spacial score (nSPS) is 19.4. The third-order valence-electron chi connectivity index (χ3n) is 5.95. The Balaban J connectivity index is 1.48. The number of ketones is 1. The average Bonchev–Trinajstić information content (AvgIpc) is 3.32. The van der Waals surface area contributed by atoms with E-state index in [2.05, 4.69) is 28.4 Å². The van der Waals surface area contributed by atoms with Gasteiger partial charge in [-0.25, -0.2) is 0 Å². The molecule has 0 unspecified atom stereocenters. The van der Waals surface area contributed by atoms with Gasteiger partial charge < -0.3 is 14.8 Å². The van der Waals surface area contributed by atoms with Gasteiger partial charge in [-0.1, -0.05) is 30.3 Å². The Labute approximate surface area is 177 Å². The Kier molecular flexibility index (Phi) is 5.15. The highest BCUT2D eigenvalue weighted by Gasteiger charge is 2.32. The summed E-state index contributed by atoms with van der Waals surface area (Å²) in [6.07, 6.45) is 4.94. The van der Waals surface area contributed by atoms with Crippen molar-refractivity contribution in [2.45, 2.75) is 19.9 Å². The molecule has 2 heterocycles. The number of allylic oxidation sites excluding steroid dienone is 4. The number of nitrogens with zero attached hydrogens (tertiary/aromatic N) is 1. The summed E-state index contributed by atoms with van der Waals surface area (Å²) >= 11 is 0. The van der Waals surface area contributed by atoms with E-state index in [0.717, 1.165) is 49.5 Å². The molecule has 1 aliphatic carbocycles. The molecule has 0 aromatic heterocycles. The highest BCUT2D eigenvalue weighted by atomic mass is 16.5. The van der Waals surface area contributed by atoms with Crippen LogP contribution in [-0.4, -0.2) is 43.5 Å². The van der Waals surface area contributed by atoms with Gasteiger partial charge in [-0.2, -0.15) is 0 Å². The van der Waals surface area contributed by atoms with Crippen LogP contribution in [0.5, 0.6) is 11.5 Å². The summed E-state index contributed by atoms with van der Waals surface area (Å²) in [4.78, 5) is 15.5. The molecule has 0 spiro atoms. The van der Waals surface area contributed by atoms with Crippen molar-refractivity contribution in [3.8, 4) is 11.5 Å². The second kappa shape index (κ2) is 8.09. The van der Waals surface area contributed by atoms with E-state index < -0.39 is 0 Å². The number of rotatable bonds is 5. The van der Waals surface area contributed by atoms with Crippen LogP contribution in [0, 0.1) is 0 Å². The van der Waals surface area contributed by atoms with Gasteiger partial charge in [0.2, 0.25) is 5.78 Å². The molecule has 0 atom stereocenters. The van der Waals surface area contributed by atoms with Crippen molar-refractivity contribution in [2.24, 2.45) is 0 Å². The van der Waals surface area contributed by atoms with Crippen molar-refractivity contribution in [1.82, 2.24) is 10.2 Å². The molecule has 30 heavy (non-hydrogen) atoms. The van der Waals surface area contributed by atoms with Gasteiger partial charge in [-0.15, -0.1) is 0 Å². The van der Waals surface area contributed by atoms with Crippen LogP contribution in [0.2, 0.25) is 0 Å². The SMILES string of the molecule is CCOc1ccc2c(c1CN1CCNCC1)O/C(=C\C1=CCc3ccccc31)C2=O. The van der Waals surface area contributed by atoms with Crippen LogP contribution >= 0.6 is 0 Å². The maximum atomic E-state index is 13.1. The van der Waals surface area contributed by atoms with Gasteiger partial charge in [-0.3, -0.25) is 9.69 Å². The standard InChI is InChI=1S/C25H26N2O3/c1-2-29-22-10-9-20-24(28)23(15-18-8-7-17-5-3-4-6-19(17)18)30-25(20)21(22)16-27-13-11-26-12-14-27/h3-6,8-10,15,26H,2,7,11-14,16H2,1H3/b23-15-. The number of piperazine rings is 1. The molecule has 2 aromatic rings. The van der Waals surface area contributed by atoms with Crippen LogP contribution in [0.1, 0.15) is 34.0 Å². The second-order valence-corrected chi connectivity index (χ2v) is 7.84. The van der Waals surface area contributed by atoms with E-state index in [1.165, 1.54) is 11.1 Å². The lowest BCUT2D eigenvalue weighted by Crippen LogP contribution is -2.43. The number of carbonyl (C=O) groups excluding carboxylic acids is 1. The zero-order chi connectivity index (χ0) is 20.5. The predicted molar refractivity (Wildman–Crippen MR) is 117 cm³/mol. The van der Waals surface area contributed by atoms with Crippen molar-refractivity contribution in [1.29, 1.82) is 0 Å². The van der Waals surface area contributed by atoms with E-state index >= 15 is 0 Å². The summed E-state index contributed by atoms with van der Waals surface area (Å²) in [5, 5.41) is 3.38. The fraction of sp³-hybridized carbons (Fsp3) is 0.320. The highest BCUT2D eigenvalue weighted by molar-refractivity contribution is 6.14. The quantitative estimate of drug-likeness (QED) is 0.775. The molecule has 3 aliphatic rings. The van der Waals surface area contributed by atoms with E-state index in [1.54, 1.807) is 0 Å². The van der Waals surface area contributed by atoms with Gasteiger partial charge >= 0.3 is 0 Å². The summed E-state index contributed by atoms with van der Waals surface area (Å²) in [5.74, 6) is 1.79. The van der Waals surface area contributed by atoms with Crippen LogP contribution in [0.25, 0.3) is 5.57 Å². The molecular formula is C25H26N2O3. The first-order valence-electron chi connectivity index (χ1n) is 10.7. The van der Waals surface area contributed by atoms with Gasteiger partial charge in [0.15, 0.2) is 5.76 Å². The van der Waals surface area contributed by atoms with Gasteiger partial charge in [-0.05, 0) is 48.3 Å². The molecule has 154 valence electrons. The van der Waals surface area contributed by atoms with Gasteiger partial charge in [0.1, 0.15) is 11.5 Å². The summed E-state index contributed by atoms with van der Waals surface area (Å²) in [7, 11) is 0. The molecule has 2 aliphatic heterocycles. The minimum atomic E-state index is -0.0557. The molecule has 0 bridgehead atoms. The Morgan fingerprint density at radius 3 is 2.80 bits per heavy atom. The van der Waals surface area contributed by atoms with E-state index in [-0.39, 0.29) is 5.78 Å². The van der Waals surface area contributed by atoms with Crippen molar-refractivity contribution in [3.63, 3.8) is 0 Å². The average molecular weight is 402 g/mol. The number of fused-ring (bicyclic) bond motifs is 2. The first-order valence-corrected chi connectivity index (χ1v) is 10.7. The van der Waals surface area contributed by atoms with E-state index in [1.807, 2.05) is 37.3 Å². The summed E-state index contributed by atoms with van der Waals surface area (Å²) < 4.78 is 12.1. The molecule has 5 rings (SSSR count). The molecule has 0 amide bonds. The first-order chi connectivity index (χ1) is 14.7. The van der Waals surface area contributed by atoms with Crippen molar-refractivity contribution < 1.29 is 14.3 Å². The summed E-state index contributed by atoms with van der Waals surface area (Å²) in [5.41, 5.74) is 5.10. The number of Topliss-reactive ketones (excluding diaryl/α,β-unsaturated/α-hetero) is 1. The number of nitrogens with one attached hydrogen (secondary N) is 1. The lowest BCUT2D eigenvalue weighted by atomic mass is 10.0. The van der Waals surface area contributed by atoms with Gasteiger partial charge in [0.25, 0.3) is 0 Å². The maximum absolute atomic E-state index is 13.1. The number of benzene rings is 2. The first kappa shape index (κ1) is 19.1. The lowest BCUT2D eigenvalue weighted by molar-refractivity contribution is 0.101. The lowest BCUT2D eigenvalue weighted by Gasteiger charge is -2.28. The fourth-order valence-electron chi connectivity index (χ4n) is 4.41. The van der Waals surface area contributed by atoms with E-state index in [0.29, 0.717) is 30.2 Å². The molecular weight excluding hydrogens is 376 g/mol. The molecule has 0 radical (unpaired) electrons. The largest absolute Gasteiger partial charge is 0.493 e. The van der Waals surface area contributed by atoms with Crippen LogP contribution in [0.3, 0.4) is 0 Å². The molecule has 5 heteroatoms. The monoisotopic (exact) mass is 402 g/mol. The Hall–Kier alpha value is -2.89. The van der Waals surface area contributed by atoms with Gasteiger partial charge in [0, 0.05) is 32.7 Å². The van der Waals surface area contributed by atoms with Crippen LogP contribution in [-0.2, 0) is 13.0 Å². The highest BCUT2D eigenvalue weighted by Crippen LogP contribution is 2.41. The third kappa shape index (κ3) is 3.44. The molecule has 2 aromatic carbocycles. The second-order valence-electron chi connectivity index (χ2n) is 7.84. The Morgan fingerprint density at radius 1 is 1.13 bits per heavy atom. The van der Waals surface area contributed by atoms with Gasteiger partial charge in [0.05, 0.1) is 17.7 Å². The smallest absolute Gasteiger partial charge is 0.231 e. The molecule has 1 saturated heterocycles. The van der Waals surface area contributed by atoms with Crippen LogP contribution < -0.4 is 14.8 Å². The summed E-state index contributed by atoms with van der Waals surface area (Å²) in [6, 6.07) is 12.1. The number of ether oxygens (including phenoxy) is 2. The minimum absolute atomic E-state index is 0.0557. The fourth-order valence-corrected chi connectivity index (χ4v) is 4.41. The minimum Gasteiger partial charge on any atom is -0.493 e. The van der Waals surface area contributed by atoms with Crippen molar-refractivity contribution >= 4 is 11.4 Å². The Bertz CT molecular complexity index is 1050. The van der Waals surface area contributed by atoms with Crippen molar-refractivity contribution in [2.75, 3.05) is 32.8 Å². The molecule has 5 nitrogen and oxygen atoms in total. The number of hydrogen-bond acceptors (Lipinski definition) is 5. The van der Waals surface area contributed by atoms with Crippen molar-refractivity contribution in [3.05, 3.63) is 76.6 Å². The maximum Gasteiger partial charge on any atom is 0.231 e. The van der Waals surface area contributed by atoms with E-state index in [9.17, 15) is 4.79 Å². The summed E-state index contributed by atoms with van der Waals surface area (Å²) in [6.45, 7) is 7.14. The zero-order valence-electron chi connectivity index (χ0n) is 17.2.